The lowest BCUT2D eigenvalue weighted by Crippen LogP contribution is -2.51. The topological polar surface area (TPSA) is 82.1 Å². The van der Waals surface area contributed by atoms with Crippen LogP contribution >= 0.6 is 34.4 Å². The first-order valence-electron chi connectivity index (χ1n) is 15.0. The van der Waals surface area contributed by atoms with Crippen LogP contribution in [0.4, 0.5) is 0 Å². The molecular weight excluding hydrogens is 673 g/mol. The number of amides is 2. The average Bonchev–Trinajstić information content (AvgIpc) is 3.57. The number of morpholine rings is 1. The second-order valence-electron chi connectivity index (χ2n) is 11.7. The van der Waals surface area contributed by atoms with Crippen LogP contribution < -0.4 is 5.32 Å². The molecule has 226 valence electrons. The van der Waals surface area contributed by atoms with Gasteiger partial charge in [-0.3, -0.25) is 14.5 Å². The zero-order chi connectivity index (χ0) is 30.0. The number of hydrogen-bond acceptors (Lipinski definition) is 6. The normalized spacial score (nSPS) is 22.6. The summed E-state index contributed by atoms with van der Waals surface area (Å²) in [6, 6.07) is 22.0. The summed E-state index contributed by atoms with van der Waals surface area (Å²) in [7, 11) is 0. The standard InChI is InChI=1S/C34H38IN3O4S/c1-23-6-9-28(10-7-23)43-34(33(41)36-12-13-37-14-16-42-17-15-37)21-31(40)38(27-19-25-4-2-3-5-26(25)20-27)32(34)29-11-8-24(22-39)18-30(29)35/h2-11,18,27,32,39H,12-17,19-22H2,1H3,(H,36,41)/t32-,34-/m1/s1. The molecule has 9 heteroatoms. The van der Waals surface area contributed by atoms with E-state index in [-0.39, 0.29) is 30.9 Å². The first-order chi connectivity index (χ1) is 20.9. The van der Waals surface area contributed by atoms with Crippen LogP contribution in [0.25, 0.3) is 0 Å². The van der Waals surface area contributed by atoms with E-state index in [1.165, 1.54) is 22.9 Å². The summed E-state index contributed by atoms with van der Waals surface area (Å²) in [5, 5.41) is 13.1. The largest absolute Gasteiger partial charge is 0.392 e. The number of aliphatic hydroxyl groups excluding tert-OH is 1. The van der Waals surface area contributed by atoms with E-state index >= 15 is 0 Å². The first kappa shape index (κ1) is 30.6. The van der Waals surface area contributed by atoms with Crippen molar-refractivity contribution in [2.75, 3.05) is 39.4 Å². The maximum Gasteiger partial charge on any atom is 0.239 e. The number of aliphatic hydroxyl groups is 1. The Balaban J connectivity index is 1.40. The van der Waals surface area contributed by atoms with E-state index < -0.39 is 10.8 Å². The van der Waals surface area contributed by atoms with Gasteiger partial charge in [-0.2, -0.15) is 0 Å². The number of likely N-dealkylation sites (tertiary alicyclic amines) is 1. The van der Waals surface area contributed by atoms with Crippen molar-refractivity contribution in [2.45, 2.75) is 54.5 Å². The molecule has 1 aliphatic carbocycles. The third kappa shape index (κ3) is 6.38. The Morgan fingerprint density at radius 2 is 1.77 bits per heavy atom. The fourth-order valence-electron chi connectivity index (χ4n) is 6.68. The molecule has 0 spiro atoms. The fourth-order valence-corrected chi connectivity index (χ4v) is 8.96. The number of carbonyl (C=O) groups excluding carboxylic acids is 2. The number of nitrogens with zero attached hydrogens (tertiary/aromatic N) is 2. The molecule has 43 heavy (non-hydrogen) atoms. The Morgan fingerprint density at radius 1 is 1.07 bits per heavy atom. The Hall–Kier alpha value is -2.44. The molecule has 0 aromatic heterocycles. The van der Waals surface area contributed by atoms with Gasteiger partial charge in [0.1, 0.15) is 4.75 Å². The van der Waals surface area contributed by atoms with Crippen molar-refractivity contribution in [2.24, 2.45) is 0 Å². The molecule has 3 aliphatic rings. The highest BCUT2D eigenvalue weighted by atomic mass is 127. The minimum Gasteiger partial charge on any atom is -0.392 e. The fraction of sp³-hybridized carbons (Fsp3) is 0.412. The van der Waals surface area contributed by atoms with Crippen LogP contribution in [0.1, 0.15) is 40.3 Å². The number of aryl methyl sites for hydroxylation is 1. The summed E-state index contributed by atoms with van der Waals surface area (Å²) in [5.74, 6) is -0.0995. The lowest BCUT2D eigenvalue weighted by Gasteiger charge is -2.39. The van der Waals surface area contributed by atoms with Gasteiger partial charge in [-0.15, -0.1) is 11.8 Å². The molecule has 7 nitrogen and oxygen atoms in total. The summed E-state index contributed by atoms with van der Waals surface area (Å²) >= 11 is 3.82. The van der Waals surface area contributed by atoms with E-state index in [0.29, 0.717) is 19.8 Å². The SMILES string of the molecule is Cc1ccc(S[C@]2(C(=O)NCCN3CCOCC3)CC(=O)N(C3Cc4ccccc4C3)[C@@H]2c2ccc(CO)cc2I)cc1. The van der Waals surface area contributed by atoms with Gasteiger partial charge in [-0.1, -0.05) is 54.1 Å². The van der Waals surface area contributed by atoms with Gasteiger partial charge in [0.05, 0.1) is 32.3 Å². The van der Waals surface area contributed by atoms with Crippen LogP contribution in [0.5, 0.6) is 0 Å². The van der Waals surface area contributed by atoms with Crippen LogP contribution in [0.15, 0.2) is 71.6 Å². The second kappa shape index (κ2) is 13.3. The molecular formula is C34H38IN3O4S. The van der Waals surface area contributed by atoms with Crippen LogP contribution in [0.2, 0.25) is 0 Å². The summed E-state index contributed by atoms with van der Waals surface area (Å²) in [4.78, 5) is 34.2. The molecule has 0 radical (unpaired) electrons. The number of ether oxygens (including phenoxy) is 1. The van der Waals surface area contributed by atoms with Gasteiger partial charge in [0.2, 0.25) is 11.8 Å². The van der Waals surface area contributed by atoms with Crippen molar-refractivity contribution < 1.29 is 19.4 Å². The molecule has 0 bridgehead atoms. The molecule has 3 aromatic rings. The van der Waals surface area contributed by atoms with Crippen LogP contribution in [-0.4, -0.2) is 76.9 Å². The van der Waals surface area contributed by atoms with Gasteiger partial charge in [0.25, 0.3) is 0 Å². The minimum atomic E-state index is -1.08. The molecule has 2 atom stereocenters. The average molecular weight is 712 g/mol. The quantitative estimate of drug-likeness (QED) is 0.318. The van der Waals surface area contributed by atoms with Crippen molar-refractivity contribution in [1.82, 2.24) is 15.1 Å². The molecule has 2 aliphatic heterocycles. The Morgan fingerprint density at radius 3 is 2.42 bits per heavy atom. The summed E-state index contributed by atoms with van der Waals surface area (Å²) in [5.41, 5.74) is 5.43. The third-order valence-corrected chi connectivity index (χ3v) is 11.3. The number of thioether (sulfide) groups is 1. The Bertz CT molecular complexity index is 1450. The van der Waals surface area contributed by atoms with Gasteiger partial charge in [0, 0.05) is 40.7 Å². The highest BCUT2D eigenvalue weighted by Gasteiger charge is 2.60. The molecule has 3 aromatic carbocycles. The molecule has 2 N–H and O–H groups in total. The number of hydrogen-bond donors (Lipinski definition) is 2. The van der Waals surface area contributed by atoms with Gasteiger partial charge < -0.3 is 20.1 Å². The van der Waals surface area contributed by atoms with Crippen molar-refractivity contribution in [1.29, 1.82) is 0 Å². The second-order valence-corrected chi connectivity index (χ2v) is 14.3. The highest BCUT2D eigenvalue weighted by molar-refractivity contribution is 14.1. The number of benzene rings is 3. The van der Waals surface area contributed by atoms with Crippen molar-refractivity contribution in [3.8, 4) is 0 Å². The molecule has 2 heterocycles. The van der Waals surface area contributed by atoms with E-state index in [9.17, 15) is 14.7 Å². The van der Waals surface area contributed by atoms with Gasteiger partial charge in [-0.25, -0.2) is 0 Å². The van der Waals surface area contributed by atoms with Crippen molar-refractivity contribution >= 4 is 46.2 Å². The molecule has 2 amide bonds. The summed E-state index contributed by atoms with van der Waals surface area (Å²) < 4.78 is 5.36. The predicted molar refractivity (Wildman–Crippen MR) is 177 cm³/mol. The minimum absolute atomic E-state index is 0.00721. The smallest absolute Gasteiger partial charge is 0.239 e. The highest BCUT2D eigenvalue weighted by Crippen LogP contribution is 2.55. The third-order valence-electron chi connectivity index (χ3n) is 8.91. The molecule has 2 fully saturated rings. The van der Waals surface area contributed by atoms with Gasteiger partial charge in [0.15, 0.2) is 0 Å². The molecule has 6 rings (SSSR count). The summed E-state index contributed by atoms with van der Waals surface area (Å²) in [6.07, 6.45) is 1.66. The number of halogens is 1. The first-order valence-corrected chi connectivity index (χ1v) is 16.9. The molecule has 0 saturated carbocycles. The van der Waals surface area contributed by atoms with Crippen LogP contribution in [0.3, 0.4) is 0 Å². The number of rotatable bonds is 9. The Kier molecular flexibility index (Phi) is 9.44. The maximum atomic E-state index is 14.6. The van der Waals surface area contributed by atoms with Crippen molar-refractivity contribution in [3.63, 3.8) is 0 Å². The number of fused-ring (bicyclic) bond motifs is 1. The number of nitrogens with one attached hydrogen (secondary N) is 1. The van der Waals surface area contributed by atoms with Gasteiger partial charge >= 0.3 is 0 Å². The molecule has 0 unspecified atom stereocenters. The predicted octanol–water partition coefficient (Wildman–Crippen LogP) is 4.51. The maximum absolute atomic E-state index is 14.6. The Labute approximate surface area is 271 Å². The lowest BCUT2D eigenvalue weighted by molar-refractivity contribution is -0.131. The van der Waals surface area contributed by atoms with E-state index in [2.05, 4.69) is 88.3 Å². The van der Waals surface area contributed by atoms with Crippen LogP contribution in [0, 0.1) is 10.5 Å². The van der Waals surface area contributed by atoms with E-state index in [1.54, 1.807) is 0 Å². The van der Waals surface area contributed by atoms with E-state index in [0.717, 1.165) is 57.6 Å². The summed E-state index contributed by atoms with van der Waals surface area (Å²) in [6.45, 7) is 6.35. The number of carbonyl (C=O) groups is 2. The zero-order valence-electron chi connectivity index (χ0n) is 24.4. The van der Waals surface area contributed by atoms with Crippen LogP contribution in [-0.2, 0) is 33.8 Å². The zero-order valence-corrected chi connectivity index (χ0v) is 27.4. The van der Waals surface area contributed by atoms with Gasteiger partial charge in [-0.05, 0) is 82.8 Å². The van der Waals surface area contributed by atoms with E-state index in [4.69, 9.17) is 4.74 Å². The lowest BCUT2D eigenvalue weighted by atomic mass is 9.90. The molecule has 2 saturated heterocycles. The monoisotopic (exact) mass is 711 g/mol. The van der Waals surface area contributed by atoms with E-state index in [1.807, 2.05) is 23.1 Å². The van der Waals surface area contributed by atoms with Crippen molar-refractivity contribution in [3.05, 3.63) is 98.1 Å².